The second kappa shape index (κ2) is 7.17. The van der Waals surface area contributed by atoms with Gasteiger partial charge in [0.15, 0.2) is 9.84 Å². The van der Waals surface area contributed by atoms with Crippen molar-refractivity contribution in [1.82, 2.24) is 10.2 Å². The molecule has 3 atom stereocenters. The van der Waals surface area contributed by atoms with Crippen molar-refractivity contribution in [2.24, 2.45) is 17.6 Å². The minimum atomic E-state index is -3.04. The molecular weight excluding hydrogens is 318 g/mol. The second-order valence-electron chi connectivity index (χ2n) is 7.07. The zero-order valence-electron chi connectivity index (χ0n) is 13.8. The van der Waals surface area contributed by atoms with Crippen molar-refractivity contribution in [3.63, 3.8) is 0 Å². The molecule has 132 valence electrons. The van der Waals surface area contributed by atoms with Crippen LogP contribution in [0, 0.1) is 11.8 Å². The zero-order valence-corrected chi connectivity index (χ0v) is 14.6. The summed E-state index contributed by atoms with van der Waals surface area (Å²) in [6.07, 6.45) is 1.43. The third-order valence-corrected chi connectivity index (χ3v) is 6.32. The highest BCUT2D eigenvalue weighted by Gasteiger charge is 2.42. The molecule has 7 nitrogen and oxygen atoms in total. The number of amides is 2. The number of nitrogens with zero attached hydrogens (tertiary/aromatic N) is 1. The van der Waals surface area contributed by atoms with Crippen LogP contribution in [0.1, 0.15) is 33.1 Å². The molecule has 23 heavy (non-hydrogen) atoms. The normalized spacial score (nSPS) is 28.3. The molecular formula is C15H27N3O4S. The lowest BCUT2D eigenvalue weighted by atomic mass is 10.0. The summed E-state index contributed by atoms with van der Waals surface area (Å²) in [5.41, 5.74) is 5.69. The van der Waals surface area contributed by atoms with Gasteiger partial charge in [-0.1, -0.05) is 13.8 Å². The fraction of sp³-hybridized carbons (Fsp3) is 0.867. The molecule has 0 spiro atoms. The topological polar surface area (TPSA) is 110 Å². The minimum Gasteiger partial charge on any atom is -0.352 e. The summed E-state index contributed by atoms with van der Waals surface area (Å²) in [6, 6.07) is -0.357. The van der Waals surface area contributed by atoms with E-state index in [0.29, 0.717) is 25.4 Å². The van der Waals surface area contributed by atoms with Gasteiger partial charge in [0, 0.05) is 31.6 Å². The largest absolute Gasteiger partial charge is 0.352 e. The summed E-state index contributed by atoms with van der Waals surface area (Å²) in [7, 11) is -3.04. The van der Waals surface area contributed by atoms with Crippen LogP contribution in [0.25, 0.3) is 0 Å². The van der Waals surface area contributed by atoms with E-state index < -0.39 is 15.8 Å². The minimum absolute atomic E-state index is 0.0197. The van der Waals surface area contributed by atoms with Gasteiger partial charge in [-0.25, -0.2) is 8.42 Å². The molecule has 8 heteroatoms. The SMILES string of the molecule is CC(C)CC(CN)NC(=O)C1CC(=O)N(C2CCS(=O)(=O)C2)C1. The number of rotatable bonds is 6. The van der Waals surface area contributed by atoms with Crippen LogP contribution in [0.2, 0.25) is 0 Å². The van der Waals surface area contributed by atoms with E-state index in [-0.39, 0.29) is 41.8 Å². The molecule has 2 heterocycles. The van der Waals surface area contributed by atoms with Gasteiger partial charge in [0.05, 0.1) is 17.4 Å². The first-order valence-corrected chi connectivity index (χ1v) is 10.0. The molecule has 2 aliphatic rings. The average Bonchev–Trinajstić information content (AvgIpc) is 3.00. The van der Waals surface area contributed by atoms with Crippen LogP contribution in [-0.4, -0.2) is 61.8 Å². The molecule has 3 unspecified atom stereocenters. The van der Waals surface area contributed by atoms with Crippen LogP contribution in [-0.2, 0) is 19.4 Å². The summed E-state index contributed by atoms with van der Waals surface area (Å²) < 4.78 is 23.2. The Morgan fingerprint density at radius 1 is 1.43 bits per heavy atom. The van der Waals surface area contributed by atoms with E-state index >= 15 is 0 Å². The van der Waals surface area contributed by atoms with Crippen molar-refractivity contribution in [2.75, 3.05) is 24.6 Å². The van der Waals surface area contributed by atoms with E-state index in [0.717, 1.165) is 6.42 Å². The Bertz CT molecular complexity index is 561. The number of sulfone groups is 1. The van der Waals surface area contributed by atoms with Crippen molar-refractivity contribution in [2.45, 2.75) is 45.2 Å². The van der Waals surface area contributed by atoms with Gasteiger partial charge < -0.3 is 16.0 Å². The van der Waals surface area contributed by atoms with E-state index in [4.69, 9.17) is 5.73 Å². The number of carbonyl (C=O) groups excluding carboxylic acids is 2. The number of likely N-dealkylation sites (tertiary alicyclic amines) is 1. The lowest BCUT2D eigenvalue weighted by Crippen LogP contribution is -2.45. The number of carbonyl (C=O) groups is 2. The summed E-state index contributed by atoms with van der Waals surface area (Å²) in [5, 5.41) is 2.93. The Kier molecular flexibility index (Phi) is 5.67. The Morgan fingerprint density at radius 2 is 2.13 bits per heavy atom. The summed E-state index contributed by atoms with van der Waals surface area (Å²) >= 11 is 0. The molecule has 2 fully saturated rings. The molecule has 0 aromatic carbocycles. The third-order valence-electron chi connectivity index (χ3n) is 4.57. The average molecular weight is 345 g/mol. The molecule has 0 aromatic rings. The predicted molar refractivity (Wildman–Crippen MR) is 87.3 cm³/mol. The zero-order chi connectivity index (χ0) is 17.2. The first-order valence-electron chi connectivity index (χ1n) is 8.22. The monoisotopic (exact) mass is 345 g/mol. The Labute approximate surface area is 137 Å². The van der Waals surface area contributed by atoms with E-state index in [9.17, 15) is 18.0 Å². The number of hydrogen-bond acceptors (Lipinski definition) is 5. The quantitative estimate of drug-likeness (QED) is 0.675. The highest BCUT2D eigenvalue weighted by Crippen LogP contribution is 2.26. The van der Waals surface area contributed by atoms with Gasteiger partial charge in [0.25, 0.3) is 0 Å². The van der Waals surface area contributed by atoms with Gasteiger partial charge in [-0.3, -0.25) is 9.59 Å². The highest BCUT2D eigenvalue weighted by atomic mass is 32.2. The first-order chi connectivity index (χ1) is 10.7. The van der Waals surface area contributed by atoms with Crippen LogP contribution in [0.15, 0.2) is 0 Å². The maximum atomic E-state index is 12.4. The second-order valence-corrected chi connectivity index (χ2v) is 9.30. The fourth-order valence-electron chi connectivity index (χ4n) is 3.38. The molecule has 0 bridgehead atoms. The third kappa shape index (κ3) is 4.67. The van der Waals surface area contributed by atoms with E-state index in [1.165, 1.54) is 0 Å². The first kappa shape index (κ1) is 18.2. The molecule has 2 amide bonds. The van der Waals surface area contributed by atoms with Crippen LogP contribution in [0.5, 0.6) is 0 Å². The molecule has 0 radical (unpaired) electrons. The molecule has 0 aliphatic carbocycles. The summed E-state index contributed by atoms with van der Waals surface area (Å²) in [5.74, 6) is -0.118. The standard InChI is InChI=1S/C15H27N3O4S/c1-10(2)5-12(7-16)17-15(20)11-6-14(19)18(8-11)13-3-4-23(21,22)9-13/h10-13H,3-9,16H2,1-2H3,(H,17,20). The number of hydrogen-bond donors (Lipinski definition) is 2. The highest BCUT2D eigenvalue weighted by molar-refractivity contribution is 7.91. The van der Waals surface area contributed by atoms with Gasteiger partial charge in [-0.05, 0) is 18.8 Å². The van der Waals surface area contributed by atoms with Crippen LogP contribution < -0.4 is 11.1 Å². The predicted octanol–water partition coefficient (Wildman–Crippen LogP) is -0.488. The van der Waals surface area contributed by atoms with E-state index in [1.54, 1.807) is 4.90 Å². The maximum absolute atomic E-state index is 12.4. The lowest BCUT2D eigenvalue weighted by molar-refractivity contribution is -0.130. The molecule has 0 aromatic heterocycles. The molecule has 0 saturated carbocycles. The van der Waals surface area contributed by atoms with E-state index in [2.05, 4.69) is 19.2 Å². The van der Waals surface area contributed by atoms with Gasteiger partial charge in [0.1, 0.15) is 0 Å². The van der Waals surface area contributed by atoms with Crippen molar-refractivity contribution in [1.29, 1.82) is 0 Å². The summed E-state index contributed by atoms with van der Waals surface area (Å²) in [6.45, 7) is 4.81. The van der Waals surface area contributed by atoms with Crippen LogP contribution >= 0.6 is 0 Å². The Hall–Kier alpha value is -1.15. The Morgan fingerprint density at radius 3 is 2.65 bits per heavy atom. The Balaban J connectivity index is 1.92. The summed E-state index contributed by atoms with van der Waals surface area (Å²) in [4.78, 5) is 26.1. The number of nitrogens with one attached hydrogen (secondary N) is 1. The molecule has 2 saturated heterocycles. The van der Waals surface area contributed by atoms with Gasteiger partial charge in [0.2, 0.25) is 11.8 Å². The molecule has 3 N–H and O–H groups in total. The van der Waals surface area contributed by atoms with Gasteiger partial charge >= 0.3 is 0 Å². The van der Waals surface area contributed by atoms with E-state index in [1.807, 2.05) is 0 Å². The molecule has 2 rings (SSSR count). The maximum Gasteiger partial charge on any atom is 0.225 e. The van der Waals surface area contributed by atoms with Crippen molar-refractivity contribution in [3.05, 3.63) is 0 Å². The van der Waals surface area contributed by atoms with Gasteiger partial charge in [-0.2, -0.15) is 0 Å². The number of nitrogens with two attached hydrogens (primary N) is 1. The smallest absolute Gasteiger partial charge is 0.225 e. The van der Waals surface area contributed by atoms with Crippen LogP contribution in [0.4, 0.5) is 0 Å². The van der Waals surface area contributed by atoms with Crippen LogP contribution in [0.3, 0.4) is 0 Å². The van der Waals surface area contributed by atoms with Crippen molar-refractivity contribution in [3.8, 4) is 0 Å². The van der Waals surface area contributed by atoms with Crippen molar-refractivity contribution >= 4 is 21.7 Å². The fourth-order valence-corrected chi connectivity index (χ4v) is 5.11. The van der Waals surface area contributed by atoms with Crippen molar-refractivity contribution < 1.29 is 18.0 Å². The van der Waals surface area contributed by atoms with Gasteiger partial charge in [-0.15, -0.1) is 0 Å². The lowest BCUT2D eigenvalue weighted by Gasteiger charge is -2.24. The molecule has 2 aliphatic heterocycles.